The van der Waals surface area contributed by atoms with Gasteiger partial charge in [-0.15, -0.1) is 0 Å². The minimum Gasteiger partial charge on any atom is -0.370 e. The molecule has 0 bridgehead atoms. The number of rotatable bonds is 9. The highest BCUT2D eigenvalue weighted by Gasteiger charge is 2.05. The maximum atomic E-state index is 11.9. The van der Waals surface area contributed by atoms with Crippen LogP contribution in [0.1, 0.15) is 36.5 Å². The molecule has 0 radical (unpaired) electrons. The third-order valence-electron chi connectivity index (χ3n) is 2.64. The van der Waals surface area contributed by atoms with Crippen molar-refractivity contribution in [2.45, 2.75) is 26.2 Å². The Labute approximate surface area is 119 Å². The molecule has 0 saturated carbocycles. The summed E-state index contributed by atoms with van der Waals surface area (Å²) in [5.74, 6) is 1.89. The molecule has 1 aromatic rings. The molecule has 0 unspecified atom stereocenters. The number of pyridine rings is 1. The topological polar surface area (TPSA) is 54.0 Å². The Morgan fingerprint density at radius 1 is 1.37 bits per heavy atom. The molecule has 0 aliphatic heterocycles. The number of nitrogens with one attached hydrogen (secondary N) is 2. The van der Waals surface area contributed by atoms with Crippen LogP contribution in [-0.4, -0.2) is 36.0 Å². The fourth-order valence-electron chi connectivity index (χ4n) is 1.60. The van der Waals surface area contributed by atoms with Gasteiger partial charge in [0.05, 0.1) is 0 Å². The zero-order chi connectivity index (χ0) is 13.9. The monoisotopic (exact) mass is 281 g/mol. The molecule has 0 atom stereocenters. The Hall–Kier alpha value is -1.23. The third kappa shape index (κ3) is 6.47. The van der Waals surface area contributed by atoms with E-state index in [-0.39, 0.29) is 5.91 Å². The van der Waals surface area contributed by atoms with Crippen LogP contribution in [0, 0.1) is 0 Å². The van der Waals surface area contributed by atoms with Gasteiger partial charge in [-0.25, -0.2) is 4.98 Å². The molecule has 0 saturated heterocycles. The van der Waals surface area contributed by atoms with Crippen molar-refractivity contribution in [1.29, 1.82) is 0 Å². The SMILES string of the molecule is CCCNc1cc(C(=O)NCCCCSC)ccn1. The average Bonchev–Trinajstić information content (AvgIpc) is 2.45. The van der Waals surface area contributed by atoms with Crippen LogP contribution in [0.2, 0.25) is 0 Å². The van der Waals surface area contributed by atoms with Crippen molar-refractivity contribution in [2.75, 3.05) is 30.4 Å². The van der Waals surface area contributed by atoms with Crippen molar-refractivity contribution in [3.05, 3.63) is 23.9 Å². The molecule has 0 spiro atoms. The summed E-state index contributed by atoms with van der Waals surface area (Å²) in [7, 11) is 0. The van der Waals surface area contributed by atoms with E-state index in [1.54, 1.807) is 18.3 Å². The van der Waals surface area contributed by atoms with Crippen molar-refractivity contribution in [3.8, 4) is 0 Å². The van der Waals surface area contributed by atoms with Gasteiger partial charge in [0.25, 0.3) is 5.91 Å². The highest BCUT2D eigenvalue weighted by Crippen LogP contribution is 2.07. The van der Waals surface area contributed by atoms with Crippen molar-refractivity contribution < 1.29 is 4.79 Å². The number of carbonyl (C=O) groups is 1. The van der Waals surface area contributed by atoms with Crippen molar-refractivity contribution in [3.63, 3.8) is 0 Å². The Balaban J connectivity index is 2.38. The fraction of sp³-hybridized carbons (Fsp3) is 0.571. The number of nitrogens with zero attached hydrogens (tertiary/aromatic N) is 1. The van der Waals surface area contributed by atoms with Crippen LogP contribution in [0.15, 0.2) is 18.3 Å². The minimum atomic E-state index is -0.0221. The van der Waals surface area contributed by atoms with E-state index in [9.17, 15) is 4.79 Å². The van der Waals surface area contributed by atoms with Crippen molar-refractivity contribution in [1.82, 2.24) is 10.3 Å². The molecule has 1 amide bonds. The lowest BCUT2D eigenvalue weighted by Gasteiger charge is -2.07. The molecule has 5 heteroatoms. The molecule has 0 aliphatic carbocycles. The molecule has 4 nitrogen and oxygen atoms in total. The highest BCUT2D eigenvalue weighted by molar-refractivity contribution is 7.98. The predicted octanol–water partition coefficient (Wildman–Crippen LogP) is 2.78. The predicted molar refractivity (Wildman–Crippen MR) is 83.0 cm³/mol. The molecule has 0 aromatic carbocycles. The largest absolute Gasteiger partial charge is 0.370 e. The second-order valence-corrected chi connectivity index (χ2v) is 5.30. The molecule has 1 rings (SSSR count). The van der Waals surface area contributed by atoms with Crippen LogP contribution in [0.3, 0.4) is 0 Å². The Kier molecular flexibility index (Phi) is 8.05. The Morgan fingerprint density at radius 2 is 2.21 bits per heavy atom. The van der Waals surface area contributed by atoms with Crippen LogP contribution in [0.5, 0.6) is 0 Å². The molecule has 19 heavy (non-hydrogen) atoms. The van der Waals surface area contributed by atoms with E-state index in [0.29, 0.717) is 5.56 Å². The zero-order valence-electron chi connectivity index (χ0n) is 11.7. The lowest BCUT2D eigenvalue weighted by atomic mass is 10.2. The molecule has 2 N–H and O–H groups in total. The first-order valence-corrected chi connectivity index (χ1v) is 8.14. The molecular weight excluding hydrogens is 258 g/mol. The molecule has 1 aromatic heterocycles. The zero-order valence-corrected chi connectivity index (χ0v) is 12.6. The van der Waals surface area contributed by atoms with E-state index in [2.05, 4.69) is 28.8 Å². The summed E-state index contributed by atoms with van der Waals surface area (Å²) in [6.07, 6.45) is 6.97. The lowest BCUT2D eigenvalue weighted by Crippen LogP contribution is -2.24. The van der Waals surface area contributed by atoms with Gasteiger partial charge >= 0.3 is 0 Å². The number of hydrogen-bond donors (Lipinski definition) is 2. The summed E-state index contributed by atoms with van der Waals surface area (Å²) < 4.78 is 0. The van der Waals surface area contributed by atoms with E-state index in [1.165, 1.54) is 0 Å². The number of thioether (sulfide) groups is 1. The molecule has 0 aliphatic rings. The maximum Gasteiger partial charge on any atom is 0.251 e. The second kappa shape index (κ2) is 9.67. The smallest absolute Gasteiger partial charge is 0.251 e. The van der Waals surface area contributed by atoms with Gasteiger partial charge in [-0.1, -0.05) is 6.92 Å². The van der Waals surface area contributed by atoms with Crippen molar-refractivity contribution >= 4 is 23.5 Å². The summed E-state index contributed by atoms with van der Waals surface area (Å²) in [4.78, 5) is 16.1. The van der Waals surface area contributed by atoms with Gasteiger partial charge in [0, 0.05) is 24.8 Å². The van der Waals surface area contributed by atoms with Crippen LogP contribution in [0.4, 0.5) is 5.82 Å². The van der Waals surface area contributed by atoms with E-state index in [4.69, 9.17) is 0 Å². The summed E-state index contributed by atoms with van der Waals surface area (Å²) in [6, 6.07) is 3.54. The first kappa shape index (κ1) is 15.8. The Bertz CT molecular complexity index is 385. The van der Waals surface area contributed by atoms with Gasteiger partial charge in [-0.05, 0) is 43.4 Å². The number of carbonyl (C=O) groups excluding carboxylic acids is 1. The number of anilines is 1. The minimum absolute atomic E-state index is 0.0221. The van der Waals surface area contributed by atoms with Crippen LogP contribution >= 0.6 is 11.8 Å². The lowest BCUT2D eigenvalue weighted by molar-refractivity contribution is 0.0953. The van der Waals surface area contributed by atoms with E-state index >= 15 is 0 Å². The van der Waals surface area contributed by atoms with E-state index in [1.807, 2.05) is 11.8 Å². The van der Waals surface area contributed by atoms with E-state index in [0.717, 1.165) is 43.9 Å². The summed E-state index contributed by atoms with van der Waals surface area (Å²) in [6.45, 7) is 3.70. The highest BCUT2D eigenvalue weighted by atomic mass is 32.2. The summed E-state index contributed by atoms with van der Waals surface area (Å²) in [5, 5.41) is 6.12. The fourth-order valence-corrected chi connectivity index (χ4v) is 2.09. The first-order chi connectivity index (χ1) is 9.27. The summed E-state index contributed by atoms with van der Waals surface area (Å²) >= 11 is 1.84. The van der Waals surface area contributed by atoms with E-state index < -0.39 is 0 Å². The first-order valence-electron chi connectivity index (χ1n) is 6.75. The van der Waals surface area contributed by atoms with Crippen LogP contribution in [-0.2, 0) is 0 Å². The molecule has 0 fully saturated rings. The van der Waals surface area contributed by atoms with Gasteiger partial charge < -0.3 is 10.6 Å². The third-order valence-corrected chi connectivity index (χ3v) is 3.34. The average molecular weight is 281 g/mol. The van der Waals surface area contributed by atoms with Gasteiger partial charge in [0.15, 0.2) is 0 Å². The number of amides is 1. The van der Waals surface area contributed by atoms with Gasteiger partial charge in [-0.2, -0.15) is 11.8 Å². The maximum absolute atomic E-state index is 11.9. The van der Waals surface area contributed by atoms with Gasteiger partial charge in [0.2, 0.25) is 0 Å². The molecule has 1 heterocycles. The quantitative estimate of drug-likeness (QED) is 0.683. The van der Waals surface area contributed by atoms with Gasteiger partial charge in [-0.3, -0.25) is 4.79 Å². The molecular formula is C14H23N3OS. The summed E-state index contributed by atoms with van der Waals surface area (Å²) in [5.41, 5.74) is 0.665. The second-order valence-electron chi connectivity index (χ2n) is 4.31. The normalized spacial score (nSPS) is 10.2. The standard InChI is InChI=1S/C14H23N3OS/c1-3-7-15-13-11-12(6-9-16-13)14(18)17-8-4-5-10-19-2/h6,9,11H,3-5,7-8,10H2,1-2H3,(H,15,16)(H,17,18). The number of unbranched alkanes of at least 4 members (excludes halogenated alkanes) is 1. The number of hydrogen-bond acceptors (Lipinski definition) is 4. The van der Waals surface area contributed by atoms with Gasteiger partial charge in [0.1, 0.15) is 5.82 Å². The van der Waals surface area contributed by atoms with Crippen LogP contribution in [0.25, 0.3) is 0 Å². The van der Waals surface area contributed by atoms with Crippen LogP contribution < -0.4 is 10.6 Å². The van der Waals surface area contributed by atoms with Crippen molar-refractivity contribution in [2.24, 2.45) is 0 Å². The molecule has 106 valence electrons. The Morgan fingerprint density at radius 3 is 2.95 bits per heavy atom. The number of aromatic nitrogens is 1.